The fourth-order valence-corrected chi connectivity index (χ4v) is 5.44. The molecular formula is C26H26ClN5O2. The molecule has 0 atom stereocenters. The smallest absolute Gasteiger partial charge is 0.324 e. The molecule has 3 fully saturated rings. The van der Waals surface area contributed by atoms with Crippen molar-refractivity contribution >= 4 is 29.1 Å². The molecular weight excluding hydrogens is 450 g/mol. The normalized spacial score (nSPS) is 18.9. The highest BCUT2D eigenvalue weighted by molar-refractivity contribution is 6.34. The number of para-hydroxylation sites is 1. The monoisotopic (exact) mass is 475 g/mol. The maximum Gasteiger partial charge on any atom is 0.324 e. The van der Waals surface area contributed by atoms with Crippen molar-refractivity contribution in [3.63, 3.8) is 0 Å². The van der Waals surface area contributed by atoms with Gasteiger partial charge in [0.25, 0.3) is 0 Å². The summed E-state index contributed by atoms with van der Waals surface area (Å²) >= 11 is 6.59. The van der Waals surface area contributed by atoms with Gasteiger partial charge < -0.3 is 20.2 Å². The van der Waals surface area contributed by atoms with Gasteiger partial charge in [-0.3, -0.25) is 4.90 Å². The van der Waals surface area contributed by atoms with Crippen LogP contribution in [-0.4, -0.2) is 67.3 Å². The van der Waals surface area contributed by atoms with E-state index in [4.69, 9.17) is 11.6 Å². The molecule has 0 aliphatic carbocycles. The van der Waals surface area contributed by atoms with Crippen molar-refractivity contribution in [1.29, 1.82) is 0 Å². The minimum atomic E-state index is -0.0605. The number of benzene rings is 2. The lowest BCUT2D eigenvalue weighted by molar-refractivity contribution is 0.120. The summed E-state index contributed by atoms with van der Waals surface area (Å²) in [6, 6.07) is 15.2. The van der Waals surface area contributed by atoms with E-state index in [1.165, 1.54) is 0 Å². The molecule has 2 aromatic carbocycles. The minimum Gasteiger partial charge on any atom is -0.507 e. The number of anilines is 2. The lowest BCUT2D eigenvalue weighted by atomic mass is 9.74. The van der Waals surface area contributed by atoms with Gasteiger partial charge in [0.15, 0.2) is 0 Å². The van der Waals surface area contributed by atoms with Crippen LogP contribution in [0.5, 0.6) is 5.75 Å². The maximum absolute atomic E-state index is 12.4. The summed E-state index contributed by atoms with van der Waals surface area (Å²) in [5.74, 6) is 1.14. The number of nitrogens with one attached hydrogen (secondary N) is 1. The lowest BCUT2D eigenvalue weighted by Gasteiger charge is -2.56. The van der Waals surface area contributed by atoms with Crippen molar-refractivity contribution < 1.29 is 9.90 Å². The summed E-state index contributed by atoms with van der Waals surface area (Å²) in [7, 11) is 1.78. The fraction of sp³-hybridized carbons (Fsp3) is 0.308. The molecule has 8 heteroatoms. The van der Waals surface area contributed by atoms with Crippen molar-refractivity contribution in [2.24, 2.45) is 5.41 Å². The Balaban J connectivity index is 1.29. The summed E-state index contributed by atoms with van der Waals surface area (Å²) in [4.78, 5) is 22.6. The first-order valence-electron chi connectivity index (χ1n) is 11.5. The Hall–Kier alpha value is -3.29. The molecule has 2 amide bonds. The SMILES string of the molecule is CN1CCN(c2ccc(-c3cccc(-c4ccnc(N5CC6(CNC6)C5)c4)c3O)cc2Cl)C1=O. The van der Waals surface area contributed by atoms with Gasteiger partial charge in [-0.2, -0.15) is 0 Å². The highest BCUT2D eigenvalue weighted by atomic mass is 35.5. The zero-order valence-corrected chi connectivity index (χ0v) is 19.7. The fourth-order valence-electron chi connectivity index (χ4n) is 5.16. The Morgan fingerprint density at radius 3 is 2.38 bits per heavy atom. The molecule has 6 rings (SSSR count). The third-order valence-corrected chi connectivity index (χ3v) is 7.54. The van der Waals surface area contributed by atoms with Crippen LogP contribution in [0.3, 0.4) is 0 Å². The number of carbonyl (C=O) groups is 1. The molecule has 0 bridgehead atoms. The van der Waals surface area contributed by atoms with Crippen LogP contribution in [0, 0.1) is 5.41 Å². The first-order chi connectivity index (χ1) is 16.4. The van der Waals surface area contributed by atoms with Gasteiger partial charge in [-0.05, 0) is 35.4 Å². The number of aromatic nitrogens is 1. The molecule has 3 aliphatic heterocycles. The van der Waals surface area contributed by atoms with Crippen molar-refractivity contribution in [3.05, 3.63) is 59.8 Å². The first-order valence-corrected chi connectivity index (χ1v) is 11.9. The molecule has 3 aliphatic rings. The highest BCUT2D eigenvalue weighted by Gasteiger charge is 2.47. The van der Waals surface area contributed by atoms with E-state index >= 15 is 0 Å². The van der Waals surface area contributed by atoms with Crippen molar-refractivity contribution in [2.75, 3.05) is 56.1 Å². The molecule has 3 aromatic rings. The Bertz CT molecular complexity index is 1280. The van der Waals surface area contributed by atoms with Crippen LogP contribution < -0.4 is 15.1 Å². The van der Waals surface area contributed by atoms with Gasteiger partial charge in [0.2, 0.25) is 0 Å². The molecule has 0 saturated carbocycles. The number of amides is 2. The number of halogens is 1. The summed E-state index contributed by atoms with van der Waals surface area (Å²) in [5, 5.41) is 15.1. The largest absolute Gasteiger partial charge is 0.507 e. The lowest BCUT2D eigenvalue weighted by Crippen LogP contribution is -2.71. The van der Waals surface area contributed by atoms with E-state index in [9.17, 15) is 9.90 Å². The average Bonchev–Trinajstić information content (AvgIpc) is 3.10. The number of likely N-dealkylation sites (N-methyl/N-ethyl adjacent to an activating group) is 1. The van der Waals surface area contributed by atoms with E-state index in [0.717, 1.165) is 48.7 Å². The Morgan fingerprint density at radius 2 is 1.76 bits per heavy atom. The molecule has 0 radical (unpaired) electrons. The van der Waals surface area contributed by atoms with E-state index in [2.05, 4.69) is 15.2 Å². The third-order valence-electron chi connectivity index (χ3n) is 7.24. The molecule has 34 heavy (non-hydrogen) atoms. The number of carbonyl (C=O) groups excluding carboxylic acids is 1. The molecule has 0 unspecified atom stereocenters. The number of phenols is 1. The van der Waals surface area contributed by atoms with Crippen molar-refractivity contribution in [1.82, 2.24) is 15.2 Å². The number of hydrogen-bond donors (Lipinski definition) is 2. The van der Waals surface area contributed by atoms with Crippen LogP contribution in [0.2, 0.25) is 5.02 Å². The van der Waals surface area contributed by atoms with Crippen LogP contribution in [0.15, 0.2) is 54.7 Å². The Labute approximate surface area is 203 Å². The maximum atomic E-state index is 12.4. The van der Waals surface area contributed by atoms with Crippen LogP contribution in [-0.2, 0) is 0 Å². The molecule has 1 spiro atoms. The van der Waals surface area contributed by atoms with Gasteiger partial charge in [-0.25, -0.2) is 9.78 Å². The quantitative estimate of drug-likeness (QED) is 0.595. The molecule has 4 heterocycles. The van der Waals surface area contributed by atoms with E-state index < -0.39 is 0 Å². The standard InChI is InChI=1S/C26H26ClN5O2/c1-30-9-10-32(25(30)34)22-6-5-17(11-21(22)27)19-3-2-4-20(24(19)33)18-7-8-29-23(12-18)31-15-26(16-31)13-28-14-26/h2-8,11-12,28,33H,9-10,13-16H2,1H3. The van der Waals surface area contributed by atoms with Crippen molar-refractivity contribution in [2.45, 2.75) is 0 Å². The number of phenolic OH excluding ortho intramolecular Hbond substituents is 1. The van der Waals surface area contributed by atoms with Gasteiger partial charge in [-0.15, -0.1) is 0 Å². The van der Waals surface area contributed by atoms with Crippen molar-refractivity contribution in [3.8, 4) is 28.0 Å². The molecule has 174 valence electrons. The number of urea groups is 1. The highest BCUT2D eigenvalue weighted by Crippen LogP contribution is 2.42. The topological polar surface area (TPSA) is 71.9 Å². The number of aromatic hydroxyl groups is 1. The van der Waals surface area contributed by atoms with Gasteiger partial charge >= 0.3 is 6.03 Å². The third kappa shape index (κ3) is 3.38. The molecule has 3 saturated heterocycles. The predicted molar refractivity (Wildman–Crippen MR) is 135 cm³/mol. The molecule has 2 N–H and O–H groups in total. The summed E-state index contributed by atoms with van der Waals surface area (Å²) < 4.78 is 0. The number of rotatable bonds is 4. The number of pyridine rings is 1. The molecule has 7 nitrogen and oxygen atoms in total. The molecule has 1 aromatic heterocycles. The number of nitrogens with zero attached hydrogens (tertiary/aromatic N) is 4. The van der Waals surface area contributed by atoms with E-state index in [0.29, 0.717) is 34.8 Å². The Morgan fingerprint density at radius 1 is 1.03 bits per heavy atom. The second-order valence-electron chi connectivity index (χ2n) is 9.59. The zero-order valence-electron chi connectivity index (χ0n) is 19.0. The van der Waals surface area contributed by atoms with Gasteiger partial charge in [0, 0.05) is 69.1 Å². The van der Waals surface area contributed by atoms with Crippen LogP contribution in [0.1, 0.15) is 0 Å². The van der Waals surface area contributed by atoms with Crippen LogP contribution in [0.4, 0.5) is 16.3 Å². The first kappa shape index (κ1) is 21.3. The van der Waals surface area contributed by atoms with E-state index in [1.807, 2.05) is 48.5 Å². The second kappa shape index (κ2) is 7.89. The van der Waals surface area contributed by atoms with Gasteiger partial charge in [0.05, 0.1) is 10.7 Å². The van der Waals surface area contributed by atoms with E-state index in [1.54, 1.807) is 23.0 Å². The van der Waals surface area contributed by atoms with E-state index in [-0.39, 0.29) is 11.8 Å². The summed E-state index contributed by atoms with van der Waals surface area (Å²) in [5.41, 5.74) is 4.26. The number of hydrogen-bond acceptors (Lipinski definition) is 5. The predicted octanol–water partition coefficient (Wildman–Crippen LogP) is 4.06. The second-order valence-corrected chi connectivity index (χ2v) is 9.99. The average molecular weight is 476 g/mol. The minimum absolute atomic E-state index is 0.0605. The van der Waals surface area contributed by atoms with Crippen LogP contribution >= 0.6 is 11.6 Å². The van der Waals surface area contributed by atoms with Gasteiger partial charge in [0.1, 0.15) is 11.6 Å². The Kier molecular flexibility index (Phi) is 4.93. The zero-order chi connectivity index (χ0) is 23.4. The summed E-state index contributed by atoms with van der Waals surface area (Å²) in [6.45, 7) is 5.47. The summed E-state index contributed by atoms with van der Waals surface area (Å²) in [6.07, 6.45) is 1.80. The van der Waals surface area contributed by atoms with Crippen LogP contribution in [0.25, 0.3) is 22.3 Å². The van der Waals surface area contributed by atoms with Gasteiger partial charge in [-0.1, -0.05) is 35.9 Å².